The first-order valence-corrected chi connectivity index (χ1v) is 5.92. The van der Waals surface area contributed by atoms with E-state index in [1.165, 1.54) is 0 Å². The van der Waals surface area contributed by atoms with Crippen LogP contribution in [-0.4, -0.2) is 28.0 Å². The van der Waals surface area contributed by atoms with Crippen molar-refractivity contribution in [3.8, 4) is 11.3 Å². The number of carbonyl (C=O) groups excluding carboxylic acids is 1. The van der Waals surface area contributed by atoms with Crippen LogP contribution in [0.15, 0.2) is 18.2 Å². The lowest BCUT2D eigenvalue weighted by molar-refractivity contribution is 0.0520. The Morgan fingerprint density at radius 2 is 2.11 bits per heavy atom. The van der Waals surface area contributed by atoms with Gasteiger partial charge >= 0.3 is 5.97 Å². The number of esters is 1. The summed E-state index contributed by atoms with van der Waals surface area (Å²) in [6.45, 7) is 1.99. The van der Waals surface area contributed by atoms with E-state index in [0.29, 0.717) is 21.3 Å². The number of hydrogen-bond donors (Lipinski definition) is 1. The molecule has 1 heterocycles. The fourth-order valence-electron chi connectivity index (χ4n) is 1.42. The van der Waals surface area contributed by atoms with Crippen LogP contribution in [0.1, 0.15) is 17.4 Å². The molecule has 1 N–H and O–H groups in total. The van der Waals surface area contributed by atoms with Gasteiger partial charge in [0.25, 0.3) is 0 Å². The van der Waals surface area contributed by atoms with Crippen LogP contribution >= 0.6 is 23.2 Å². The third-order valence-corrected chi connectivity index (χ3v) is 2.95. The predicted molar refractivity (Wildman–Crippen MR) is 67.8 cm³/mol. The molecule has 94 valence electrons. The quantitative estimate of drug-likeness (QED) is 0.881. The number of ether oxygens (including phenoxy) is 1. The lowest BCUT2D eigenvalue weighted by atomic mass is 10.1. The number of H-pyrrole nitrogens is 1. The third-order valence-electron chi connectivity index (χ3n) is 2.21. The van der Waals surface area contributed by atoms with Gasteiger partial charge in [-0.3, -0.25) is 0 Å². The summed E-state index contributed by atoms with van der Waals surface area (Å²) in [5.74, 6) is -0.535. The largest absolute Gasteiger partial charge is 0.461 e. The van der Waals surface area contributed by atoms with E-state index in [-0.39, 0.29) is 12.3 Å². The molecule has 2 aromatic rings. The molecule has 0 aliphatic heterocycles. The smallest absolute Gasteiger partial charge is 0.361 e. The molecule has 18 heavy (non-hydrogen) atoms. The monoisotopic (exact) mass is 285 g/mol. The summed E-state index contributed by atoms with van der Waals surface area (Å²) in [7, 11) is 0. The molecule has 0 bridgehead atoms. The third kappa shape index (κ3) is 2.47. The molecule has 0 radical (unpaired) electrons. The van der Waals surface area contributed by atoms with Crippen molar-refractivity contribution in [3.05, 3.63) is 33.9 Å². The van der Waals surface area contributed by atoms with E-state index in [1.54, 1.807) is 25.1 Å². The summed E-state index contributed by atoms with van der Waals surface area (Å²) in [6.07, 6.45) is 0. The highest BCUT2D eigenvalue weighted by atomic mass is 35.5. The fourth-order valence-corrected chi connectivity index (χ4v) is 1.72. The normalized spacial score (nSPS) is 10.4. The van der Waals surface area contributed by atoms with Crippen molar-refractivity contribution in [3.63, 3.8) is 0 Å². The van der Waals surface area contributed by atoms with E-state index in [0.717, 1.165) is 0 Å². The van der Waals surface area contributed by atoms with E-state index in [9.17, 15) is 4.79 Å². The van der Waals surface area contributed by atoms with Crippen molar-refractivity contribution in [2.24, 2.45) is 0 Å². The summed E-state index contributed by atoms with van der Waals surface area (Å²) < 4.78 is 4.88. The van der Waals surface area contributed by atoms with Crippen molar-refractivity contribution in [1.82, 2.24) is 15.4 Å². The lowest BCUT2D eigenvalue weighted by Crippen LogP contribution is -2.06. The van der Waals surface area contributed by atoms with Gasteiger partial charge in [0.05, 0.1) is 16.7 Å². The summed E-state index contributed by atoms with van der Waals surface area (Å²) in [6, 6.07) is 4.95. The van der Waals surface area contributed by atoms with E-state index in [1.807, 2.05) is 0 Å². The van der Waals surface area contributed by atoms with E-state index in [2.05, 4.69) is 15.4 Å². The predicted octanol–water partition coefficient (Wildman–Crippen LogP) is 2.96. The molecule has 5 nitrogen and oxygen atoms in total. The molecule has 0 atom stereocenters. The van der Waals surface area contributed by atoms with Gasteiger partial charge in [-0.15, -0.1) is 5.10 Å². The summed E-state index contributed by atoms with van der Waals surface area (Å²) in [5.41, 5.74) is 1.14. The Kier molecular flexibility index (Phi) is 3.84. The van der Waals surface area contributed by atoms with E-state index in [4.69, 9.17) is 27.9 Å². The molecule has 0 amide bonds. The molecule has 1 aromatic heterocycles. The molecule has 2 rings (SSSR count). The molecule has 0 aliphatic carbocycles. The molecule has 0 fully saturated rings. The van der Waals surface area contributed by atoms with Crippen molar-refractivity contribution < 1.29 is 9.53 Å². The van der Waals surface area contributed by atoms with Gasteiger partial charge in [-0.1, -0.05) is 29.3 Å². The Labute approximate surface area is 113 Å². The van der Waals surface area contributed by atoms with Crippen LogP contribution in [0.25, 0.3) is 11.3 Å². The number of carbonyl (C=O) groups is 1. The van der Waals surface area contributed by atoms with Gasteiger partial charge in [0.2, 0.25) is 0 Å². The summed E-state index contributed by atoms with van der Waals surface area (Å²) in [5, 5.41) is 10.9. The number of halogens is 2. The molecule has 1 aromatic carbocycles. The van der Waals surface area contributed by atoms with Crippen molar-refractivity contribution in [1.29, 1.82) is 0 Å². The minimum atomic E-state index is -0.535. The Morgan fingerprint density at radius 3 is 2.78 bits per heavy atom. The zero-order chi connectivity index (χ0) is 13.1. The molecular formula is C11H9Cl2N3O2. The Morgan fingerprint density at radius 1 is 1.33 bits per heavy atom. The topological polar surface area (TPSA) is 67.9 Å². The number of nitrogens with zero attached hydrogens (tertiary/aromatic N) is 2. The fraction of sp³-hybridized carbons (Fsp3) is 0.182. The first-order chi connectivity index (χ1) is 8.63. The average molecular weight is 286 g/mol. The highest BCUT2D eigenvalue weighted by Gasteiger charge is 2.19. The minimum absolute atomic E-state index is 0.121. The molecular weight excluding hydrogens is 277 g/mol. The molecule has 0 saturated heterocycles. The first-order valence-electron chi connectivity index (χ1n) is 5.16. The maximum Gasteiger partial charge on any atom is 0.361 e. The van der Waals surface area contributed by atoms with Gasteiger partial charge in [0.15, 0.2) is 5.69 Å². The number of rotatable bonds is 3. The van der Waals surface area contributed by atoms with Gasteiger partial charge in [0, 0.05) is 5.56 Å². The Bertz CT molecular complexity index is 583. The molecule has 0 saturated carbocycles. The van der Waals surface area contributed by atoms with Crippen LogP contribution in [0.3, 0.4) is 0 Å². The van der Waals surface area contributed by atoms with Crippen LogP contribution in [0.2, 0.25) is 10.0 Å². The zero-order valence-corrected chi connectivity index (χ0v) is 10.9. The number of nitrogens with one attached hydrogen (secondary N) is 1. The second-order valence-corrected chi connectivity index (χ2v) is 4.18. The second-order valence-electron chi connectivity index (χ2n) is 3.37. The van der Waals surface area contributed by atoms with Crippen molar-refractivity contribution in [2.45, 2.75) is 6.92 Å². The number of aromatic amines is 1. The minimum Gasteiger partial charge on any atom is -0.461 e. The maximum absolute atomic E-state index is 11.6. The van der Waals surface area contributed by atoms with Crippen LogP contribution < -0.4 is 0 Å². The van der Waals surface area contributed by atoms with Gasteiger partial charge in [-0.2, -0.15) is 10.3 Å². The Hall–Kier alpha value is -1.59. The van der Waals surface area contributed by atoms with Gasteiger partial charge < -0.3 is 4.74 Å². The van der Waals surface area contributed by atoms with Gasteiger partial charge in [0.1, 0.15) is 5.69 Å². The molecule has 7 heteroatoms. The highest BCUT2D eigenvalue weighted by Crippen LogP contribution is 2.28. The van der Waals surface area contributed by atoms with Crippen LogP contribution in [0, 0.1) is 0 Å². The van der Waals surface area contributed by atoms with Gasteiger partial charge in [-0.05, 0) is 19.1 Å². The van der Waals surface area contributed by atoms with Crippen LogP contribution in [0.4, 0.5) is 0 Å². The lowest BCUT2D eigenvalue weighted by Gasteiger charge is -2.02. The molecule has 0 spiro atoms. The number of aromatic nitrogens is 3. The number of benzene rings is 1. The zero-order valence-electron chi connectivity index (χ0n) is 9.41. The van der Waals surface area contributed by atoms with Crippen LogP contribution in [-0.2, 0) is 4.74 Å². The van der Waals surface area contributed by atoms with E-state index >= 15 is 0 Å². The first kappa shape index (κ1) is 12.9. The maximum atomic E-state index is 11.6. The van der Waals surface area contributed by atoms with Crippen LogP contribution in [0.5, 0.6) is 0 Å². The second kappa shape index (κ2) is 5.37. The Balaban J connectivity index is 2.42. The van der Waals surface area contributed by atoms with Gasteiger partial charge in [-0.25, -0.2) is 4.79 Å². The van der Waals surface area contributed by atoms with Crippen molar-refractivity contribution >= 4 is 29.2 Å². The SMILES string of the molecule is CCOC(=O)c1n[nH]nc1-c1ccc(Cl)c(Cl)c1. The highest BCUT2D eigenvalue weighted by molar-refractivity contribution is 6.42. The number of hydrogen-bond acceptors (Lipinski definition) is 4. The summed E-state index contributed by atoms with van der Waals surface area (Å²) >= 11 is 11.7. The molecule has 0 unspecified atom stereocenters. The van der Waals surface area contributed by atoms with Crippen molar-refractivity contribution in [2.75, 3.05) is 6.61 Å². The summed E-state index contributed by atoms with van der Waals surface area (Å²) in [4.78, 5) is 11.6. The standard InChI is InChI=1S/C11H9Cl2N3O2/c1-2-18-11(17)10-9(14-16-15-10)6-3-4-7(12)8(13)5-6/h3-5H,2H2,1H3,(H,14,15,16). The molecule has 0 aliphatic rings. The van der Waals surface area contributed by atoms with E-state index < -0.39 is 5.97 Å². The average Bonchev–Trinajstić information content (AvgIpc) is 2.82.